The summed E-state index contributed by atoms with van der Waals surface area (Å²) >= 11 is 0. The molecular weight excluding hydrogens is 274 g/mol. The Labute approximate surface area is 110 Å². The Bertz CT molecular complexity index is 593. The van der Waals surface area contributed by atoms with E-state index >= 15 is 0 Å². The molecule has 7 nitrogen and oxygen atoms in total. The molecule has 0 N–H and O–H groups in total. The summed E-state index contributed by atoms with van der Waals surface area (Å²) in [6, 6.07) is 4.75. The molecule has 19 heavy (non-hydrogen) atoms. The van der Waals surface area contributed by atoms with E-state index in [-0.39, 0.29) is 17.2 Å². The minimum atomic E-state index is -4.00. The number of hydrogen-bond acceptors (Lipinski definition) is 6. The summed E-state index contributed by atoms with van der Waals surface area (Å²) in [6.07, 6.45) is 0.650. The number of rotatable bonds is 6. The summed E-state index contributed by atoms with van der Waals surface area (Å²) in [6.45, 7) is 2.26. The fourth-order valence-corrected chi connectivity index (χ4v) is 2.51. The summed E-state index contributed by atoms with van der Waals surface area (Å²) in [5.74, 6) is 0. The first-order valence-corrected chi connectivity index (χ1v) is 7.07. The summed E-state index contributed by atoms with van der Waals surface area (Å²) in [5, 5.41) is 10.6. The van der Waals surface area contributed by atoms with Crippen molar-refractivity contribution < 1.29 is 22.3 Å². The third kappa shape index (κ3) is 3.09. The fourth-order valence-electron chi connectivity index (χ4n) is 1.50. The zero-order valence-corrected chi connectivity index (χ0v) is 11.1. The highest BCUT2D eigenvalue weighted by molar-refractivity contribution is 7.86. The molecule has 0 spiro atoms. The molecule has 1 fully saturated rings. The van der Waals surface area contributed by atoms with Crippen LogP contribution in [0.15, 0.2) is 29.2 Å². The van der Waals surface area contributed by atoms with Gasteiger partial charge in [0.2, 0.25) is 0 Å². The van der Waals surface area contributed by atoms with Gasteiger partial charge in [0, 0.05) is 12.1 Å². The second-order valence-electron chi connectivity index (χ2n) is 4.30. The van der Waals surface area contributed by atoms with Crippen LogP contribution in [0.3, 0.4) is 0 Å². The highest BCUT2D eigenvalue weighted by atomic mass is 32.2. The van der Waals surface area contributed by atoms with Crippen molar-refractivity contribution in [1.29, 1.82) is 0 Å². The Morgan fingerprint density at radius 1 is 1.53 bits per heavy atom. The third-order valence-corrected chi connectivity index (χ3v) is 4.25. The lowest BCUT2D eigenvalue weighted by molar-refractivity contribution is -0.385. The van der Waals surface area contributed by atoms with E-state index in [9.17, 15) is 18.5 Å². The van der Waals surface area contributed by atoms with Crippen LogP contribution in [0.1, 0.15) is 13.3 Å². The van der Waals surface area contributed by atoms with E-state index in [0.29, 0.717) is 13.0 Å². The van der Waals surface area contributed by atoms with Crippen molar-refractivity contribution >= 4 is 15.8 Å². The van der Waals surface area contributed by atoms with Crippen LogP contribution < -0.4 is 0 Å². The topological polar surface area (TPSA) is 99.0 Å². The summed E-state index contributed by atoms with van der Waals surface area (Å²) in [4.78, 5) is 9.72. The van der Waals surface area contributed by atoms with Gasteiger partial charge in [0.25, 0.3) is 15.8 Å². The van der Waals surface area contributed by atoms with Crippen LogP contribution in [-0.4, -0.2) is 32.2 Å². The Balaban J connectivity index is 2.15. The molecule has 8 heteroatoms. The SMILES string of the molecule is CC[C@@]1(COS(=O)(=O)c2cccc([N+](=O)[O-])c2)CO1. The lowest BCUT2D eigenvalue weighted by Gasteiger charge is -2.09. The van der Waals surface area contributed by atoms with Crippen LogP contribution in [0.25, 0.3) is 0 Å². The Hall–Kier alpha value is -1.51. The van der Waals surface area contributed by atoms with Gasteiger partial charge in [-0.15, -0.1) is 0 Å². The number of nitro benzene ring substituents is 1. The van der Waals surface area contributed by atoms with E-state index < -0.39 is 20.6 Å². The van der Waals surface area contributed by atoms with Crippen molar-refractivity contribution in [2.24, 2.45) is 0 Å². The molecule has 0 saturated carbocycles. The van der Waals surface area contributed by atoms with Crippen LogP contribution in [-0.2, 0) is 19.0 Å². The molecule has 0 unspecified atom stereocenters. The normalized spacial score (nSPS) is 22.2. The Morgan fingerprint density at radius 2 is 2.21 bits per heavy atom. The average molecular weight is 287 g/mol. The largest absolute Gasteiger partial charge is 0.367 e. The molecule has 2 rings (SSSR count). The van der Waals surface area contributed by atoms with Crippen molar-refractivity contribution in [3.8, 4) is 0 Å². The third-order valence-electron chi connectivity index (χ3n) is 2.99. The Morgan fingerprint density at radius 3 is 2.74 bits per heavy atom. The van der Waals surface area contributed by atoms with Gasteiger partial charge in [-0.2, -0.15) is 8.42 Å². The van der Waals surface area contributed by atoms with Gasteiger partial charge in [0.05, 0.1) is 18.1 Å². The van der Waals surface area contributed by atoms with Crippen molar-refractivity contribution in [1.82, 2.24) is 0 Å². The molecule has 0 radical (unpaired) electrons. The predicted molar refractivity (Wildman–Crippen MR) is 65.2 cm³/mol. The van der Waals surface area contributed by atoms with E-state index in [4.69, 9.17) is 8.92 Å². The van der Waals surface area contributed by atoms with E-state index in [1.54, 1.807) is 0 Å². The van der Waals surface area contributed by atoms with Gasteiger partial charge in [0.1, 0.15) is 10.5 Å². The molecule has 1 aromatic carbocycles. The minimum Gasteiger partial charge on any atom is -0.367 e. The maximum atomic E-state index is 11.9. The zero-order chi connectivity index (χ0) is 14.1. The lowest BCUT2D eigenvalue weighted by atomic mass is 10.1. The summed E-state index contributed by atoms with van der Waals surface area (Å²) in [7, 11) is -4.00. The summed E-state index contributed by atoms with van der Waals surface area (Å²) < 4.78 is 33.8. The van der Waals surface area contributed by atoms with Gasteiger partial charge in [0.15, 0.2) is 0 Å². The standard InChI is InChI=1S/C11H13NO6S/c1-2-11(7-17-11)8-18-19(15,16)10-5-3-4-9(6-10)12(13)14/h3-6H,2,7-8H2,1H3/t11-/m0/s1. The van der Waals surface area contributed by atoms with Crippen LogP contribution >= 0.6 is 0 Å². The van der Waals surface area contributed by atoms with Crippen LogP contribution in [0.2, 0.25) is 0 Å². The van der Waals surface area contributed by atoms with Gasteiger partial charge in [-0.05, 0) is 12.5 Å². The van der Waals surface area contributed by atoms with Gasteiger partial charge in [-0.25, -0.2) is 0 Å². The molecular formula is C11H13NO6S. The van der Waals surface area contributed by atoms with E-state index in [1.165, 1.54) is 18.2 Å². The zero-order valence-electron chi connectivity index (χ0n) is 10.2. The number of ether oxygens (including phenoxy) is 1. The minimum absolute atomic E-state index is 0.0749. The second-order valence-corrected chi connectivity index (χ2v) is 5.91. The number of nitro groups is 1. The molecule has 0 aliphatic carbocycles. The molecule has 1 atom stereocenters. The first-order valence-electron chi connectivity index (χ1n) is 5.66. The van der Waals surface area contributed by atoms with Gasteiger partial charge >= 0.3 is 0 Å². The van der Waals surface area contributed by atoms with Gasteiger partial charge < -0.3 is 4.74 Å². The quantitative estimate of drug-likeness (QED) is 0.340. The molecule has 1 aliphatic rings. The molecule has 104 valence electrons. The molecule has 1 heterocycles. The van der Waals surface area contributed by atoms with Crippen molar-refractivity contribution in [3.63, 3.8) is 0 Å². The lowest BCUT2D eigenvalue weighted by Crippen LogP contribution is -2.21. The van der Waals surface area contributed by atoms with Crippen LogP contribution in [0.4, 0.5) is 5.69 Å². The maximum absolute atomic E-state index is 11.9. The maximum Gasteiger partial charge on any atom is 0.297 e. The van der Waals surface area contributed by atoms with Crippen molar-refractivity contribution in [2.45, 2.75) is 23.8 Å². The highest BCUT2D eigenvalue weighted by Crippen LogP contribution is 2.32. The molecule has 0 aromatic heterocycles. The molecule has 0 amide bonds. The highest BCUT2D eigenvalue weighted by Gasteiger charge is 2.44. The summed E-state index contributed by atoms with van der Waals surface area (Å²) in [5.41, 5.74) is -0.814. The molecule has 0 bridgehead atoms. The monoisotopic (exact) mass is 287 g/mol. The molecule has 1 aromatic rings. The number of non-ortho nitro benzene ring substituents is 1. The van der Waals surface area contributed by atoms with Gasteiger partial charge in [-0.3, -0.25) is 14.3 Å². The molecule has 1 aliphatic heterocycles. The van der Waals surface area contributed by atoms with E-state index in [1.807, 2.05) is 6.92 Å². The average Bonchev–Trinajstić information content (AvgIpc) is 3.17. The number of nitrogens with zero attached hydrogens (tertiary/aromatic N) is 1. The van der Waals surface area contributed by atoms with Crippen LogP contribution in [0, 0.1) is 10.1 Å². The van der Waals surface area contributed by atoms with Gasteiger partial charge in [-0.1, -0.05) is 13.0 Å². The van der Waals surface area contributed by atoms with Crippen molar-refractivity contribution in [2.75, 3.05) is 13.2 Å². The number of benzene rings is 1. The number of epoxide rings is 1. The van der Waals surface area contributed by atoms with Crippen molar-refractivity contribution in [3.05, 3.63) is 34.4 Å². The molecule has 1 saturated heterocycles. The van der Waals surface area contributed by atoms with Crippen LogP contribution in [0.5, 0.6) is 0 Å². The smallest absolute Gasteiger partial charge is 0.297 e. The first-order chi connectivity index (χ1) is 8.88. The van der Waals surface area contributed by atoms with E-state index in [0.717, 1.165) is 6.07 Å². The fraction of sp³-hybridized carbons (Fsp3) is 0.455. The Kier molecular flexibility index (Phi) is 3.57. The number of hydrogen-bond donors (Lipinski definition) is 0. The van der Waals surface area contributed by atoms with E-state index in [2.05, 4.69) is 0 Å². The second kappa shape index (κ2) is 4.87. The predicted octanol–water partition coefficient (Wildman–Crippen LogP) is 1.48. The first kappa shape index (κ1) is 13.9.